The molecule has 0 saturated carbocycles. The van der Waals surface area contributed by atoms with Gasteiger partial charge in [0.05, 0.1) is 11.1 Å². The topological polar surface area (TPSA) is 80.7 Å². The summed E-state index contributed by atoms with van der Waals surface area (Å²) in [5.74, 6) is -0.172. The largest absolute Gasteiger partial charge is 0.478 e. The summed E-state index contributed by atoms with van der Waals surface area (Å²) in [5.41, 5.74) is 0.244. The van der Waals surface area contributed by atoms with Crippen LogP contribution in [-0.4, -0.2) is 22.8 Å². The van der Waals surface area contributed by atoms with Gasteiger partial charge >= 0.3 is 11.9 Å². The molecule has 0 saturated heterocycles. The maximum atomic E-state index is 12.8. The zero-order valence-corrected chi connectivity index (χ0v) is 14.6. The molecule has 0 radical (unpaired) electrons. The number of hydrogen-bond acceptors (Lipinski definition) is 4. The highest BCUT2D eigenvalue weighted by Crippen LogP contribution is 2.20. The molecule has 5 heteroatoms. The lowest BCUT2D eigenvalue weighted by Gasteiger charge is -2.09. The molecule has 0 bridgehead atoms. The summed E-state index contributed by atoms with van der Waals surface area (Å²) in [4.78, 5) is 37.0. The van der Waals surface area contributed by atoms with Crippen LogP contribution in [0.3, 0.4) is 0 Å². The minimum atomic E-state index is -1.34. The second-order valence-corrected chi connectivity index (χ2v) is 5.71. The van der Waals surface area contributed by atoms with Crippen molar-refractivity contribution in [2.45, 2.75) is 0 Å². The Morgan fingerprint density at radius 3 is 2.00 bits per heavy atom. The van der Waals surface area contributed by atoms with E-state index in [0.717, 1.165) is 0 Å². The number of ketones is 1. The Hall–Kier alpha value is -4.17. The summed E-state index contributed by atoms with van der Waals surface area (Å²) >= 11 is 0. The molecule has 0 fully saturated rings. The molecule has 0 unspecified atom stereocenters. The van der Waals surface area contributed by atoms with Crippen molar-refractivity contribution >= 4 is 17.7 Å². The van der Waals surface area contributed by atoms with E-state index in [1.54, 1.807) is 54.6 Å². The Morgan fingerprint density at radius 1 is 0.750 bits per heavy atom. The van der Waals surface area contributed by atoms with E-state index in [0.29, 0.717) is 11.1 Å². The predicted octanol–water partition coefficient (Wildman–Crippen LogP) is 3.78. The zero-order chi connectivity index (χ0) is 19.9. The lowest BCUT2D eigenvalue weighted by atomic mass is 9.94. The Balaban J connectivity index is 1.98. The number of aromatic carboxylic acids is 1. The lowest BCUT2D eigenvalue weighted by molar-refractivity contribution is 0.0647. The third-order valence-corrected chi connectivity index (χ3v) is 3.89. The monoisotopic (exact) mass is 370 g/mol. The van der Waals surface area contributed by atoms with Crippen molar-refractivity contribution in [2.75, 3.05) is 0 Å². The quantitative estimate of drug-likeness (QED) is 0.429. The second-order valence-electron chi connectivity index (χ2n) is 5.71. The van der Waals surface area contributed by atoms with Crippen molar-refractivity contribution in [1.29, 1.82) is 0 Å². The van der Waals surface area contributed by atoms with Crippen LogP contribution in [0.25, 0.3) is 0 Å². The molecule has 0 heterocycles. The van der Waals surface area contributed by atoms with E-state index in [-0.39, 0.29) is 16.7 Å². The predicted molar refractivity (Wildman–Crippen MR) is 102 cm³/mol. The smallest absolute Gasteiger partial charge is 0.353 e. The third-order valence-electron chi connectivity index (χ3n) is 3.89. The highest BCUT2D eigenvalue weighted by atomic mass is 16.5. The number of rotatable bonds is 4. The highest BCUT2D eigenvalue weighted by molar-refractivity contribution is 6.17. The number of ether oxygens (including phenoxy) is 1. The molecule has 1 N–H and O–H groups in total. The average Bonchev–Trinajstić information content (AvgIpc) is 2.74. The molecule has 28 heavy (non-hydrogen) atoms. The number of carbonyl (C=O) groups is 3. The molecule has 3 rings (SSSR count). The normalized spacial score (nSPS) is 9.71. The van der Waals surface area contributed by atoms with Gasteiger partial charge in [-0.3, -0.25) is 4.79 Å². The van der Waals surface area contributed by atoms with Gasteiger partial charge in [0.25, 0.3) is 0 Å². The van der Waals surface area contributed by atoms with Gasteiger partial charge < -0.3 is 9.84 Å². The van der Waals surface area contributed by atoms with Crippen molar-refractivity contribution in [3.8, 4) is 12.0 Å². The number of hydrogen-bond donors (Lipinski definition) is 1. The first-order chi connectivity index (χ1) is 13.6. The summed E-state index contributed by atoms with van der Waals surface area (Å²) in [7, 11) is 0. The van der Waals surface area contributed by atoms with Crippen molar-refractivity contribution in [2.24, 2.45) is 0 Å². The van der Waals surface area contributed by atoms with E-state index in [9.17, 15) is 19.5 Å². The van der Waals surface area contributed by atoms with E-state index >= 15 is 0 Å². The first-order valence-electron chi connectivity index (χ1n) is 8.31. The van der Waals surface area contributed by atoms with Crippen LogP contribution in [0.1, 0.15) is 42.2 Å². The van der Waals surface area contributed by atoms with Crippen molar-refractivity contribution in [3.05, 3.63) is 107 Å². The molecule has 0 aromatic heterocycles. The van der Waals surface area contributed by atoms with E-state index in [2.05, 4.69) is 12.0 Å². The van der Waals surface area contributed by atoms with Crippen LogP contribution >= 0.6 is 0 Å². The number of esters is 1. The van der Waals surface area contributed by atoms with Crippen LogP contribution < -0.4 is 0 Å². The second kappa shape index (κ2) is 8.47. The van der Waals surface area contributed by atoms with Crippen molar-refractivity contribution < 1.29 is 24.2 Å². The first kappa shape index (κ1) is 18.6. The van der Waals surface area contributed by atoms with Crippen molar-refractivity contribution in [3.63, 3.8) is 0 Å². The Labute approximate surface area is 161 Å². The average molecular weight is 370 g/mol. The maximum Gasteiger partial charge on any atom is 0.353 e. The fraction of sp³-hybridized carbons (Fsp3) is 0. The van der Waals surface area contributed by atoms with Crippen LogP contribution in [0, 0.1) is 12.0 Å². The fourth-order valence-corrected chi connectivity index (χ4v) is 2.59. The van der Waals surface area contributed by atoms with Crippen LogP contribution in [0.2, 0.25) is 0 Å². The third kappa shape index (κ3) is 4.14. The fourth-order valence-electron chi connectivity index (χ4n) is 2.59. The van der Waals surface area contributed by atoms with Gasteiger partial charge in [-0.15, -0.1) is 0 Å². The summed E-state index contributed by atoms with van der Waals surface area (Å²) < 4.78 is 4.93. The number of benzene rings is 3. The SMILES string of the molecule is O=C(O)c1cccc(C(=O)c2ccccc2)c1C(=O)OC#Cc1ccccc1. The van der Waals surface area contributed by atoms with Crippen molar-refractivity contribution in [1.82, 2.24) is 0 Å². The molecule has 0 aliphatic rings. The number of carboxylic acids is 1. The standard InChI is InChI=1S/C23H14O5/c24-21(17-10-5-2-6-11-17)18-12-7-13-19(22(25)26)20(18)23(27)28-15-14-16-8-3-1-4-9-16/h1-13H,(H,25,26). The minimum absolute atomic E-state index is 0.0578. The van der Waals surface area contributed by atoms with E-state index in [1.807, 2.05) is 6.07 Å². The molecular weight excluding hydrogens is 356 g/mol. The molecule has 0 aliphatic carbocycles. The molecule has 0 amide bonds. The summed E-state index contributed by atoms with van der Waals surface area (Å²) in [5, 5.41) is 9.44. The maximum absolute atomic E-state index is 12.8. The number of carboxylic acid groups (broad SMARTS) is 1. The summed E-state index contributed by atoms with van der Waals surface area (Å²) in [6, 6.07) is 21.2. The Morgan fingerprint density at radius 2 is 1.36 bits per heavy atom. The Bertz CT molecular complexity index is 1090. The molecule has 5 nitrogen and oxygen atoms in total. The van der Waals surface area contributed by atoms with E-state index < -0.39 is 17.7 Å². The van der Waals surface area contributed by atoms with Gasteiger partial charge in [-0.1, -0.05) is 60.7 Å². The van der Waals surface area contributed by atoms with Gasteiger partial charge in [-0.25, -0.2) is 9.59 Å². The van der Waals surface area contributed by atoms with Crippen LogP contribution in [0.5, 0.6) is 0 Å². The first-order valence-corrected chi connectivity index (χ1v) is 8.31. The van der Waals surface area contributed by atoms with Crippen LogP contribution in [0.15, 0.2) is 78.9 Å². The van der Waals surface area contributed by atoms with Crippen LogP contribution in [0.4, 0.5) is 0 Å². The van der Waals surface area contributed by atoms with E-state index in [4.69, 9.17) is 4.74 Å². The Kier molecular flexibility index (Phi) is 5.63. The zero-order valence-electron chi connectivity index (χ0n) is 14.6. The summed E-state index contributed by atoms with van der Waals surface area (Å²) in [6.45, 7) is 0. The van der Waals surface area contributed by atoms with Gasteiger partial charge in [0, 0.05) is 16.7 Å². The molecule has 0 spiro atoms. The van der Waals surface area contributed by atoms with Gasteiger partial charge in [-0.2, -0.15) is 0 Å². The van der Waals surface area contributed by atoms with Crippen LogP contribution in [-0.2, 0) is 4.74 Å². The van der Waals surface area contributed by atoms with Gasteiger partial charge in [0.1, 0.15) is 6.11 Å². The van der Waals surface area contributed by atoms with Gasteiger partial charge in [0.2, 0.25) is 0 Å². The van der Waals surface area contributed by atoms with E-state index in [1.165, 1.54) is 18.2 Å². The molecule has 0 aliphatic heterocycles. The van der Waals surface area contributed by atoms with Gasteiger partial charge in [-0.05, 0) is 24.1 Å². The molecule has 3 aromatic carbocycles. The molecule has 0 atom stereocenters. The van der Waals surface area contributed by atoms with Gasteiger partial charge in [0.15, 0.2) is 5.78 Å². The highest BCUT2D eigenvalue weighted by Gasteiger charge is 2.25. The molecular formula is C23H14O5. The summed E-state index contributed by atoms with van der Waals surface area (Å²) in [6.07, 6.45) is 2.27. The number of carbonyl (C=O) groups excluding carboxylic acids is 2. The molecule has 136 valence electrons. The minimum Gasteiger partial charge on any atom is -0.478 e. The lowest BCUT2D eigenvalue weighted by Crippen LogP contribution is -2.16. The molecule has 3 aromatic rings.